The maximum absolute atomic E-state index is 11.2. The molecule has 5 N–H and O–H groups in total. The normalized spacial score (nSPS) is 15.3. The number of nitrogens with zero attached hydrogens (tertiary/aromatic N) is 2. The van der Waals surface area contributed by atoms with Gasteiger partial charge in [0.2, 0.25) is 0 Å². The van der Waals surface area contributed by atoms with Gasteiger partial charge in [-0.3, -0.25) is 0 Å². The zero-order valence-electron chi connectivity index (χ0n) is 13.7. The van der Waals surface area contributed by atoms with E-state index in [2.05, 4.69) is 23.8 Å². The molecule has 0 aliphatic heterocycles. The van der Waals surface area contributed by atoms with Gasteiger partial charge in [-0.05, 0) is 42.4 Å². The number of carbonyl (C=O) groups is 1. The fraction of sp³-hybridized carbons (Fsp3) is 0.353. The number of aryl methyl sites for hydroxylation is 1. The summed E-state index contributed by atoms with van der Waals surface area (Å²) >= 11 is 0. The molecule has 1 aromatic carbocycles. The van der Waals surface area contributed by atoms with Gasteiger partial charge in [0, 0.05) is 0 Å². The van der Waals surface area contributed by atoms with Gasteiger partial charge >= 0.3 is 5.97 Å². The molecule has 0 unspecified atom stereocenters. The molecule has 2 aromatic rings. The van der Waals surface area contributed by atoms with Crippen molar-refractivity contribution in [3.8, 4) is 22.9 Å². The summed E-state index contributed by atoms with van der Waals surface area (Å²) in [5, 5.41) is 30.2. The molecule has 7 nitrogen and oxygen atoms in total. The summed E-state index contributed by atoms with van der Waals surface area (Å²) in [6.45, 7) is 5.60. The SMILES string of the molecule is Cc1nc(-c2c(O)cc3c(c2O)CCC3(C)C)nc(N)c1C(=O)O. The molecule has 0 saturated carbocycles. The average molecular weight is 329 g/mol. The molecule has 24 heavy (non-hydrogen) atoms. The average Bonchev–Trinajstić information content (AvgIpc) is 2.73. The van der Waals surface area contributed by atoms with E-state index in [0.29, 0.717) is 6.42 Å². The van der Waals surface area contributed by atoms with Crippen LogP contribution in [0.15, 0.2) is 6.07 Å². The first-order valence-electron chi connectivity index (χ1n) is 7.59. The molecule has 0 atom stereocenters. The fourth-order valence-electron chi connectivity index (χ4n) is 3.32. The molecule has 7 heteroatoms. The monoisotopic (exact) mass is 329 g/mol. The van der Waals surface area contributed by atoms with Crippen LogP contribution in [0.3, 0.4) is 0 Å². The third kappa shape index (κ3) is 2.24. The highest BCUT2D eigenvalue weighted by Crippen LogP contribution is 2.49. The predicted octanol–water partition coefficient (Wildman–Crippen LogP) is 2.37. The lowest BCUT2D eigenvalue weighted by Gasteiger charge is -2.20. The van der Waals surface area contributed by atoms with Gasteiger partial charge in [-0.1, -0.05) is 13.8 Å². The quantitative estimate of drug-likeness (QED) is 0.665. The largest absolute Gasteiger partial charge is 0.507 e. The van der Waals surface area contributed by atoms with Gasteiger partial charge in [0.15, 0.2) is 5.82 Å². The highest BCUT2D eigenvalue weighted by Gasteiger charge is 2.34. The summed E-state index contributed by atoms with van der Waals surface area (Å²) in [5.41, 5.74) is 7.32. The van der Waals surface area contributed by atoms with Crippen LogP contribution in [0.25, 0.3) is 11.4 Å². The minimum Gasteiger partial charge on any atom is -0.507 e. The zero-order chi connectivity index (χ0) is 17.8. The number of hydrogen-bond acceptors (Lipinski definition) is 6. The van der Waals surface area contributed by atoms with Crippen LogP contribution in [0.1, 0.15) is 47.4 Å². The molecule has 0 spiro atoms. The Bertz CT molecular complexity index is 852. The summed E-state index contributed by atoms with van der Waals surface area (Å²) in [6.07, 6.45) is 1.54. The first kappa shape index (κ1) is 16.0. The van der Waals surface area contributed by atoms with E-state index in [0.717, 1.165) is 17.5 Å². The van der Waals surface area contributed by atoms with Gasteiger partial charge in [0.1, 0.15) is 28.4 Å². The van der Waals surface area contributed by atoms with E-state index >= 15 is 0 Å². The van der Waals surface area contributed by atoms with Gasteiger partial charge in [-0.25, -0.2) is 14.8 Å². The van der Waals surface area contributed by atoms with Gasteiger partial charge in [-0.2, -0.15) is 0 Å². The Balaban J connectivity index is 2.24. The Labute approximate surface area is 138 Å². The number of anilines is 1. The van der Waals surface area contributed by atoms with Crippen LogP contribution in [-0.4, -0.2) is 31.3 Å². The van der Waals surface area contributed by atoms with Crippen molar-refractivity contribution >= 4 is 11.8 Å². The van der Waals surface area contributed by atoms with Crippen molar-refractivity contribution in [1.82, 2.24) is 9.97 Å². The number of nitrogens with two attached hydrogens (primary N) is 1. The lowest BCUT2D eigenvalue weighted by molar-refractivity contribution is 0.0696. The molecule has 1 aromatic heterocycles. The molecule has 126 valence electrons. The molecule has 0 bridgehead atoms. The molecule has 1 aliphatic rings. The lowest BCUT2D eigenvalue weighted by Crippen LogP contribution is -2.12. The number of aromatic carboxylic acids is 1. The third-order valence-electron chi connectivity index (χ3n) is 4.67. The van der Waals surface area contributed by atoms with Crippen LogP contribution < -0.4 is 5.73 Å². The number of carboxylic acid groups (broad SMARTS) is 1. The first-order valence-corrected chi connectivity index (χ1v) is 7.59. The Hall–Kier alpha value is -2.83. The number of aromatic hydroxyl groups is 2. The molecule has 0 saturated heterocycles. The van der Waals surface area contributed by atoms with E-state index in [1.54, 1.807) is 6.07 Å². The topological polar surface area (TPSA) is 130 Å². The summed E-state index contributed by atoms with van der Waals surface area (Å²) < 4.78 is 0. The molecule has 3 rings (SSSR count). The predicted molar refractivity (Wildman–Crippen MR) is 88.3 cm³/mol. The van der Waals surface area contributed by atoms with Crippen LogP contribution >= 0.6 is 0 Å². The van der Waals surface area contributed by atoms with Gasteiger partial charge in [0.05, 0.1) is 5.69 Å². The smallest absolute Gasteiger partial charge is 0.341 e. The van der Waals surface area contributed by atoms with E-state index in [9.17, 15) is 15.0 Å². The maximum atomic E-state index is 11.2. The Morgan fingerprint density at radius 1 is 1.29 bits per heavy atom. The van der Waals surface area contributed by atoms with Crippen LogP contribution in [-0.2, 0) is 11.8 Å². The minimum absolute atomic E-state index is 0.0116. The van der Waals surface area contributed by atoms with Gasteiger partial charge in [0.25, 0.3) is 0 Å². The van der Waals surface area contributed by atoms with Crippen molar-refractivity contribution < 1.29 is 20.1 Å². The molecule has 1 aliphatic carbocycles. The van der Waals surface area contributed by atoms with Crippen LogP contribution in [0.2, 0.25) is 0 Å². The number of rotatable bonds is 2. The number of nitrogen functional groups attached to an aromatic ring is 1. The summed E-state index contributed by atoms with van der Waals surface area (Å²) in [5.74, 6) is -1.64. The third-order valence-corrected chi connectivity index (χ3v) is 4.67. The van der Waals surface area contributed by atoms with Crippen molar-refractivity contribution in [2.24, 2.45) is 0 Å². The van der Waals surface area contributed by atoms with Crippen molar-refractivity contribution in [3.63, 3.8) is 0 Å². The molecule has 0 radical (unpaired) electrons. The Morgan fingerprint density at radius 2 is 1.96 bits per heavy atom. The van der Waals surface area contributed by atoms with E-state index in [1.165, 1.54) is 6.92 Å². The molecular formula is C17H19N3O4. The summed E-state index contributed by atoms with van der Waals surface area (Å²) in [4.78, 5) is 19.3. The second-order valence-electron chi connectivity index (χ2n) is 6.73. The number of benzene rings is 1. The first-order chi connectivity index (χ1) is 11.1. The van der Waals surface area contributed by atoms with E-state index in [4.69, 9.17) is 10.8 Å². The Morgan fingerprint density at radius 3 is 2.54 bits per heavy atom. The highest BCUT2D eigenvalue weighted by atomic mass is 16.4. The van der Waals surface area contributed by atoms with Crippen LogP contribution in [0, 0.1) is 6.92 Å². The van der Waals surface area contributed by atoms with Crippen molar-refractivity contribution in [2.75, 3.05) is 5.73 Å². The standard InChI is InChI=1S/C17H19N3O4/c1-7-11(16(23)24)14(18)20-15(19-7)12-10(21)6-9-8(13(12)22)4-5-17(9,2)3/h6,21-22H,4-5H2,1-3H3,(H,23,24)(H2,18,19,20). The number of phenolic OH excluding ortho intramolecular Hbond substituents is 2. The second kappa shape index (κ2) is 5.09. The van der Waals surface area contributed by atoms with Gasteiger partial charge in [-0.15, -0.1) is 0 Å². The number of aromatic nitrogens is 2. The highest BCUT2D eigenvalue weighted by molar-refractivity contribution is 5.94. The molecule has 0 fully saturated rings. The lowest BCUT2D eigenvalue weighted by atomic mass is 9.86. The molecule has 0 amide bonds. The second-order valence-corrected chi connectivity index (χ2v) is 6.73. The van der Waals surface area contributed by atoms with Crippen molar-refractivity contribution in [1.29, 1.82) is 0 Å². The van der Waals surface area contributed by atoms with Crippen molar-refractivity contribution in [2.45, 2.75) is 39.0 Å². The fourth-order valence-corrected chi connectivity index (χ4v) is 3.32. The minimum atomic E-state index is -1.22. The van der Waals surface area contributed by atoms with Crippen LogP contribution in [0.5, 0.6) is 11.5 Å². The molecule has 1 heterocycles. The number of phenols is 2. The van der Waals surface area contributed by atoms with Crippen molar-refractivity contribution in [3.05, 3.63) is 28.5 Å². The number of fused-ring (bicyclic) bond motifs is 1. The summed E-state index contributed by atoms with van der Waals surface area (Å²) in [7, 11) is 0. The zero-order valence-corrected chi connectivity index (χ0v) is 13.7. The van der Waals surface area contributed by atoms with E-state index in [-0.39, 0.29) is 45.4 Å². The molecular weight excluding hydrogens is 310 g/mol. The Kier molecular flexibility index (Phi) is 3.40. The maximum Gasteiger partial charge on any atom is 0.341 e. The van der Waals surface area contributed by atoms with Gasteiger partial charge < -0.3 is 21.1 Å². The van der Waals surface area contributed by atoms with Crippen LogP contribution in [0.4, 0.5) is 5.82 Å². The summed E-state index contributed by atoms with van der Waals surface area (Å²) in [6, 6.07) is 1.62. The van der Waals surface area contributed by atoms with E-state index in [1.807, 2.05) is 0 Å². The van der Waals surface area contributed by atoms with E-state index < -0.39 is 5.97 Å². The number of carboxylic acids is 1. The number of hydrogen-bond donors (Lipinski definition) is 4.